The second-order valence-electron chi connectivity index (χ2n) is 4.61. The number of Topliss-reactive ketones (excluding diaryl/α,β-unsaturated/α-hetero) is 1. The molecule has 1 aliphatic rings. The molecule has 0 aliphatic heterocycles. The van der Waals surface area contributed by atoms with Gasteiger partial charge in [0, 0.05) is 5.56 Å². The number of nitrogens with two attached hydrogens (primary N) is 1. The summed E-state index contributed by atoms with van der Waals surface area (Å²) in [7, 11) is 0. The Balaban J connectivity index is 2.63. The van der Waals surface area contributed by atoms with E-state index in [9.17, 15) is 9.90 Å². The van der Waals surface area contributed by atoms with E-state index in [0.717, 1.165) is 5.56 Å². The molecule has 1 aromatic rings. The highest BCUT2D eigenvalue weighted by atomic mass is 16.3. The van der Waals surface area contributed by atoms with Crippen molar-refractivity contribution in [3.63, 3.8) is 0 Å². The molecule has 15 heavy (non-hydrogen) atoms. The molecule has 1 aliphatic carbocycles. The second kappa shape index (κ2) is 3.15. The van der Waals surface area contributed by atoms with Crippen molar-refractivity contribution >= 4 is 5.78 Å². The summed E-state index contributed by atoms with van der Waals surface area (Å²) in [4.78, 5) is 12.1. The molecule has 0 saturated heterocycles. The Morgan fingerprint density at radius 2 is 1.93 bits per heavy atom. The van der Waals surface area contributed by atoms with Gasteiger partial charge < -0.3 is 10.8 Å². The first-order valence-corrected chi connectivity index (χ1v) is 5.03. The zero-order valence-electron chi connectivity index (χ0n) is 8.90. The molecule has 0 radical (unpaired) electrons. The van der Waals surface area contributed by atoms with Gasteiger partial charge in [-0.3, -0.25) is 4.79 Å². The number of aliphatic hydroxyl groups excluding tert-OH is 1. The van der Waals surface area contributed by atoms with Crippen LogP contribution in [0.2, 0.25) is 0 Å². The summed E-state index contributed by atoms with van der Waals surface area (Å²) in [5.74, 6) is -0.0349. The molecule has 80 valence electrons. The lowest BCUT2D eigenvalue weighted by molar-refractivity contribution is 0.0209. The smallest absolute Gasteiger partial charge is 0.171 e. The molecule has 0 heterocycles. The Hall–Kier alpha value is -1.19. The minimum Gasteiger partial charge on any atom is -0.390 e. The number of hydrogen-bond acceptors (Lipinski definition) is 3. The third-order valence-electron chi connectivity index (χ3n) is 3.23. The molecule has 3 nitrogen and oxygen atoms in total. The van der Waals surface area contributed by atoms with Crippen LogP contribution in [-0.2, 0) is 0 Å². The lowest BCUT2D eigenvalue weighted by Crippen LogP contribution is -2.48. The summed E-state index contributed by atoms with van der Waals surface area (Å²) in [6.45, 7) is 3.46. The van der Waals surface area contributed by atoms with Crippen LogP contribution in [0.15, 0.2) is 24.3 Å². The Morgan fingerprint density at radius 3 is 2.60 bits per heavy atom. The van der Waals surface area contributed by atoms with Gasteiger partial charge in [0.2, 0.25) is 0 Å². The van der Waals surface area contributed by atoms with Crippen molar-refractivity contribution in [1.29, 1.82) is 0 Å². The molecule has 0 bridgehead atoms. The topological polar surface area (TPSA) is 63.3 Å². The van der Waals surface area contributed by atoms with Crippen LogP contribution in [0.3, 0.4) is 0 Å². The van der Waals surface area contributed by atoms with Gasteiger partial charge in [-0.15, -0.1) is 0 Å². The predicted molar refractivity (Wildman–Crippen MR) is 57.5 cm³/mol. The van der Waals surface area contributed by atoms with Crippen molar-refractivity contribution in [2.75, 3.05) is 0 Å². The standard InChI is InChI=1S/C12H15NO2/c1-12(2)10(14)8-6-4-3-5-7(8)9(13)11(12)15/h3-6,9,11,15H,13H2,1-2H3/t9-,11+/m1/s1. The van der Waals surface area contributed by atoms with Crippen molar-refractivity contribution in [2.45, 2.75) is 26.0 Å². The third kappa shape index (κ3) is 1.31. The molecular weight excluding hydrogens is 190 g/mol. The van der Waals surface area contributed by atoms with Crippen LogP contribution in [0, 0.1) is 5.41 Å². The van der Waals surface area contributed by atoms with Crippen LogP contribution >= 0.6 is 0 Å². The van der Waals surface area contributed by atoms with Crippen molar-refractivity contribution in [2.24, 2.45) is 11.1 Å². The summed E-state index contributed by atoms with van der Waals surface area (Å²) in [6.07, 6.45) is -0.820. The van der Waals surface area contributed by atoms with Crippen LogP contribution in [0.1, 0.15) is 35.8 Å². The molecule has 0 amide bonds. The summed E-state index contributed by atoms with van der Waals surface area (Å²) in [5, 5.41) is 9.98. The minimum absolute atomic E-state index is 0.0349. The highest BCUT2D eigenvalue weighted by Crippen LogP contribution is 2.39. The molecule has 0 saturated carbocycles. The monoisotopic (exact) mass is 205 g/mol. The lowest BCUT2D eigenvalue weighted by Gasteiger charge is -2.38. The van der Waals surface area contributed by atoms with Gasteiger partial charge >= 0.3 is 0 Å². The zero-order chi connectivity index (χ0) is 11.2. The largest absolute Gasteiger partial charge is 0.390 e. The molecule has 2 rings (SSSR count). The summed E-state index contributed by atoms with van der Waals surface area (Å²) < 4.78 is 0. The fourth-order valence-electron chi connectivity index (χ4n) is 2.09. The highest BCUT2D eigenvalue weighted by molar-refractivity contribution is 6.03. The molecule has 0 spiro atoms. The number of fused-ring (bicyclic) bond motifs is 1. The molecule has 3 N–H and O–H groups in total. The Bertz CT molecular complexity index is 412. The molecular formula is C12H15NO2. The Kier molecular flexibility index (Phi) is 2.17. The van der Waals surface area contributed by atoms with E-state index in [0.29, 0.717) is 5.56 Å². The maximum absolute atomic E-state index is 12.1. The van der Waals surface area contributed by atoms with Gasteiger partial charge in [0.25, 0.3) is 0 Å². The summed E-state index contributed by atoms with van der Waals surface area (Å²) in [6, 6.07) is 6.74. The molecule has 3 heteroatoms. The SMILES string of the molecule is CC1(C)C(=O)c2ccccc2[C@@H](N)[C@@H]1O. The van der Waals surface area contributed by atoms with E-state index in [1.54, 1.807) is 26.0 Å². The quantitative estimate of drug-likeness (QED) is 0.670. The van der Waals surface area contributed by atoms with Gasteiger partial charge in [-0.2, -0.15) is 0 Å². The molecule has 0 aromatic heterocycles. The van der Waals surface area contributed by atoms with E-state index >= 15 is 0 Å². The number of benzene rings is 1. The highest BCUT2D eigenvalue weighted by Gasteiger charge is 2.45. The lowest BCUT2D eigenvalue weighted by atomic mass is 9.69. The second-order valence-corrected chi connectivity index (χ2v) is 4.61. The first-order chi connectivity index (χ1) is 6.96. The predicted octanol–water partition coefficient (Wildman–Crippen LogP) is 1.27. The van der Waals surface area contributed by atoms with Gasteiger partial charge in [0.05, 0.1) is 17.6 Å². The average Bonchev–Trinajstić information content (AvgIpc) is 2.24. The molecule has 0 fully saturated rings. The molecule has 2 atom stereocenters. The first-order valence-electron chi connectivity index (χ1n) is 5.03. The maximum atomic E-state index is 12.1. The van der Waals surface area contributed by atoms with Gasteiger partial charge in [0.15, 0.2) is 5.78 Å². The molecule has 0 unspecified atom stereocenters. The average molecular weight is 205 g/mol. The van der Waals surface area contributed by atoms with E-state index in [4.69, 9.17) is 5.73 Å². The number of ketones is 1. The van der Waals surface area contributed by atoms with E-state index in [-0.39, 0.29) is 5.78 Å². The number of aliphatic hydroxyl groups is 1. The van der Waals surface area contributed by atoms with Crippen LogP contribution in [-0.4, -0.2) is 17.0 Å². The van der Waals surface area contributed by atoms with E-state index in [2.05, 4.69) is 0 Å². The van der Waals surface area contributed by atoms with E-state index in [1.807, 2.05) is 12.1 Å². The maximum Gasteiger partial charge on any atom is 0.171 e. The van der Waals surface area contributed by atoms with Crippen molar-refractivity contribution in [1.82, 2.24) is 0 Å². The zero-order valence-corrected chi connectivity index (χ0v) is 8.90. The van der Waals surface area contributed by atoms with E-state index < -0.39 is 17.6 Å². The van der Waals surface area contributed by atoms with Crippen LogP contribution in [0.5, 0.6) is 0 Å². The van der Waals surface area contributed by atoms with Gasteiger partial charge in [-0.25, -0.2) is 0 Å². The summed E-state index contributed by atoms with van der Waals surface area (Å²) >= 11 is 0. The Labute approximate surface area is 88.9 Å². The Morgan fingerprint density at radius 1 is 1.33 bits per heavy atom. The van der Waals surface area contributed by atoms with Crippen LogP contribution < -0.4 is 5.73 Å². The summed E-state index contributed by atoms with van der Waals surface area (Å²) in [5.41, 5.74) is 6.51. The molecule has 1 aromatic carbocycles. The van der Waals surface area contributed by atoms with Crippen LogP contribution in [0.4, 0.5) is 0 Å². The van der Waals surface area contributed by atoms with Gasteiger partial charge in [-0.05, 0) is 19.4 Å². The van der Waals surface area contributed by atoms with E-state index in [1.165, 1.54) is 0 Å². The fourth-order valence-corrected chi connectivity index (χ4v) is 2.09. The third-order valence-corrected chi connectivity index (χ3v) is 3.23. The van der Waals surface area contributed by atoms with Crippen molar-refractivity contribution in [3.8, 4) is 0 Å². The number of rotatable bonds is 0. The minimum atomic E-state index is -0.820. The van der Waals surface area contributed by atoms with Crippen molar-refractivity contribution < 1.29 is 9.90 Å². The fraction of sp³-hybridized carbons (Fsp3) is 0.417. The first kappa shape index (κ1) is 10.3. The number of hydrogen-bond donors (Lipinski definition) is 2. The number of carbonyl (C=O) groups is 1. The normalized spacial score (nSPS) is 28.7. The van der Waals surface area contributed by atoms with Gasteiger partial charge in [0.1, 0.15) is 0 Å². The number of carbonyl (C=O) groups excluding carboxylic acids is 1. The van der Waals surface area contributed by atoms with Crippen LogP contribution in [0.25, 0.3) is 0 Å². The van der Waals surface area contributed by atoms with Gasteiger partial charge in [-0.1, -0.05) is 24.3 Å². The van der Waals surface area contributed by atoms with Crippen molar-refractivity contribution in [3.05, 3.63) is 35.4 Å².